The molecule has 1 aromatic heterocycles. The fourth-order valence-corrected chi connectivity index (χ4v) is 3.60. The first kappa shape index (κ1) is 18.0. The molecule has 0 saturated heterocycles. The topological polar surface area (TPSA) is 95.4 Å². The van der Waals surface area contributed by atoms with Crippen molar-refractivity contribution in [2.24, 2.45) is 5.92 Å². The zero-order chi connectivity index (χ0) is 18.8. The number of fused-ring (bicyclic) bond motifs is 1. The molecule has 3 N–H and O–H groups in total. The predicted octanol–water partition coefficient (Wildman–Crippen LogP) is 2.93. The maximum Gasteiger partial charge on any atom is 0.142 e. The fraction of sp³-hybridized carbons (Fsp3) is 0.400. The van der Waals surface area contributed by atoms with Gasteiger partial charge in [0, 0.05) is 48.9 Å². The van der Waals surface area contributed by atoms with Gasteiger partial charge in [0.1, 0.15) is 28.9 Å². The average molecular weight is 352 g/mol. The van der Waals surface area contributed by atoms with Crippen LogP contribution < -0.4 is 10.5 Å². The molecular formula is C20H24N4O2. The van der Waals surface area contributed by atoms with Crippen LogP contribution in [0.3, 0.4) is 0 Å². The fourth-order valence-electron chi connectivity index (χ4n) is 3.60. The lowest BCUT2D eigenvalue weighted by molar-refractivity contribution is 0.225. The van der Waals surface area contributed by atoms with E-state index in [2.05, 4.69) is 29.8 Å². The molecule has 136 valence electrons. The monoisotopic (exact) mass is 352 g/mol. The van der Waals surface area contributed by atoms with E-state index in [1.165, 1.54) is 0 Å². The Hall–Kier alpha value is -2.78. The van der Waals surface area contributed by atoms with Crippen LogP contribution in [0.4, 0.5) is 5.82 Å². The molecule has 0 radical (unpaired) electrons. The first-order chi connectivity index (χ1) is 12.4. The number of nitrogens with two attached hydrogens (primary N) is 1. The van der Waals surface area contributed by atoms with E-state index in [1.54, 1.807) is 25.3 Å². The first-order valence-corrected chi connectivity index (χ1v) is 8.75. The number of aromatic hydroxyl groups is 1. The lowest BCUT2D eigenvalue weighted by Crippen LogP contribution is -2.34. The van der Waals surface area contributed by atoms with E-state index in [0.717, 1.165) is 48.4 Å². The summed E-state index contributed by atoms with van der Waals surface area (Å²) in [5.74, 6) is 1.42. The minimum atomic E-state index is 0.112. The van der Waals surface area contributed by atoms with Gasteiger partial charge in [-0.3, -0.25) is 4.90 Å². The Morgan fingerprint density at radius 1 is 1.42 bits per heavy atom. The lowest BCUT2D eigenvalue weighted by atomic mass is 9.90. The van der Waals surface area contributed by atoms with E-state index in [4.69, 9.17) is 10.5 Å². The number of ether oxygens (including phenoxy) is 1. The van der Waals surface area contributed by atoms with Gasteiger partial charge in [-0.15, -0.1) is 0 Å². The number of anilines is 1. The van der Waals surface area contributed by atoms with E-state index in [1.807, 2.05) is 0 Å². The summed E-state index contributed by atoms with van der Waals surface area (Å²) < 4.78 is 5.46. The molecule has 0 spiro atoms. The van der Waals surface area contributed by atoms with Gasteiger partial charge in [0.2, 0.25) is 0 Å². The summed E-state index contributed by atoms with van der Waals surface area (Å²) in [6.07, 6.45) is 0.797. The van der Waals surface area contributed by atoms with Crippen molar-refractivity contribution in [3.63, 3.8) is 0 Å². The first-order valence-electron chi connectivity index (χ1n) is 8.75. The molecule has 0 saturated carbocycles. The number of hydrogen-bond acceptors (Lipinski definition) is 6. The number of aromatic nitrogens is 1. The second-order valence-corrected chi connectivity index (χ2v) is 7.05. The van der Waals surface area contributed by atoms with Crippen LogP contribution in [0.1, 0.15) is 30.7 Å². The molecule has 1 aliphatic heterocycles. The highest BCUT2D eigenvalue weighted by Gasteiger charge is 2.27. The van der Waals surface area contributed by atoms with Crippen LogP contribution in [-0.2, 0) is 13.0 Å². The maximum absolute atomic E-state index is 9.79. The van der Waals surface area contributed by atoms with Gasteiger partial charge in [-0.25, -0.2) is 4.98 Å². The number of nitriles is 1. The molecule has 6 heteroatoms. The number of nitrogens with zero attached hydrogens (tertiary/aromatic N) is 3. The van der Waals surface area contributed by atoms with Crippen LogP contribution in [0.2, 0.25) is 0 Å². The highest BCUT2D eigenvalue weighted by atomic mass is 16.5. The molecule has 6 nitrogen and oxygen atoms in total. The molecule has 0 atom stereocenters. The molecule has 1 aliphatic rings. The quantitative estimate of drug-likeness (QED) is 0.878. The van der Waals surface area contributed by atoms with Crippen LogP contribution in [0.15, 0.2) is 18.2 Å². The van der Waals surface area contributed by atoms with E-state index >= 15 is 0 Å². The predicted molar refractivity (Wildman–Crippen MR) is 101 cm³/mol. The number of phenolic OH excluding ortho intramolecular Hbond substituents is 1. The number of nitrogen functional groups attached to an aromatic ring is 1. The summed E-state index contributed by atoms with van der Waals surface area (Å²) in [7, 11) is 1.55. The van der Waals surface area contributed by atoms with Gasteiger partial charge in [-0.2, -0.15) is 5.26 Å². The zero-order valence-electron chi connectivity index (χ0n) is 15.4. The van der Waals surface area contributed by atoms with Crippen LogP contribution >= 0.6 is 0 Å². The molecule has 0 bridgehead atoms. The molecular weight excluding hydrogens is 328 g/mol. The Morgan fingerprint density at radius 3 is 2.85 bits per heavy atom. The summed E-state index contributed by atoms with van der Waals surface area (Å²) in [5, 5.41) is 19.5. The number of pyridine rings is 1. The largest absolute Gasteiger partial charge is 0.508 e. The SMILES string of the molecule is COc1cc(O)ccc1-c1c(C#N)c(N)nc2c1CN(CC(C)C)CC2. The minimum Gasteiger partial charge on any atom is -0.508 e. The van der Waals surface area contributed by atoms with Crippen LogP contribution in [0.5, 0.6) is 11.5 Å². The molecule has 2 aromatic rings. The Morgan fingerprint density at radius 2 is 2.19 bits per heavy atom. The van der Waals surface area contributed by atoms with Gasteiger partial charge in [-0.1, -0.05) is 13.8 Å². The smallest absolute Gasteiger partial charge is 0.142 e. The Bertz CT molecular complexity index is 871. The molecule has 0 amide bonds. The van der Waals surface area contributed by atoms with Crippen molar-refractivity contribution in [2.45, 2.75) is 26.8 Å². The standard InChI is InChI=1S/C20H24N4O2/c1-12(2)10-24-7-6-17-16(11-24)19(15(9-21)20(22)23-17)14-5-4-13(25)8-18(14)26-3/h4-5,8,12,25H,6-7,10-11H2,1-3H3,(H2,22,23). The van der Waals surface area contributed by atoms with Crippen molar-refractivity contribution in [1.29, 1.82) is 5.26 Å². The van der Waals surface area contributed by atoms with Crippen molar-refractivity contribution in [3.05, 3.63) is 35.0 Å². The van der Waals surface area contributed by atoms with Gasteiger partial charge in [0.15, 0.2) is 0 Å². The number of hydrogen-bond donors (Lipinski definition) is 2. The van der Waals surface area contributed by atoms with Gasteiger partial charge in [-0.05, 0) is 23.6 Å². The second-order valence-electron chi connectivity index (χ2n) is 7.05. The third-order valence-corrected chi connectivity index (χ3v) is 4.65. The molecule has 1 aromatic carbocycles. The Balaban J connectivity index is 2.21. The average Bonchev–Trinajstić information content (AvgIpc) is 2.60. The normalized spacial score (nSPS) is 14.1. The van der Waals surface area contributed by atoms with Crippen molar-refractivity contribution >= 4 is 5.82 Å². The summed E-state index contributed by atoms with van der Waals surface area (Å²) >= 11 is 0. The van der Waals surface area contributed by atoms with Crippen LogP contribution in [0, 0.1) is 17.2 Å². The second kappa shape index (κ2) is 7.22. The van der Waals surface area contributed by atoms with Gasteiger partial charge >= 0.3 is 0 Å². The Labute approximate surface area is 153 Å². The molecule has 0 unspecified atom stereocenters. The third kappa shape index (κ3) is 3.31. The van der Waals surface area contributed by atoms with Crippen LogP contribution in [-0.4, -0.2) is 35.2 Å². The molecule has 26 heavy (non-hydrogen) atoms. The summed E-state index contributed by atoms with van der Waals surface area (Å²) in [6.45, 7) is 7.02. The molecule has 3 rings (SSSR count). The highest BCUT2D eigenvalue weighted by molar-refractivity contribution is 5.83. The number of benzene rings is 1. The van der Waals surface area contributed by atoms with Gasteiger partial charge < -0.3 is 15.6 Å². The minimum absolute atomic E-state index is 0.112. The van der Waals surface area contributed by atoms with Crippen LogP contribution in [0.25, 0.3) is 11.1 Å². The molecule has 0 aliphatic carbocycles. The van der Waals surface area contributed by atoms with Gasteiger partial charge in [0.25, 0.3) is 0 Å². The zero-order valence-corrected chi connectivity index (χ0v) is 15.4. The van der Waals surface area contributed by atoms with Crippen molar-refractivity contribution < 1.29 is 9.84 Å². The van der Waals surface area contributed by atoms with E-state index in [-0.39, 0.29) is 11.6 Å². The number of phenols is 1. The summed E-state index contributed by atoms with van der Waals surface area (Å²) in [6, 6.07) is 7.12. The van der Waals surface area contributed by atoms with Crippen molar-refractivity contribution in [3.8, 4) is 28.7 Å². The van der Waals surface area contributed by atoms with E-state index < -0.39 is 0 Å². The summed E-state index contributed by atoms with van der Waals surface area (Å²) in [4.78, 5) is 6.87. The number of methoxy groups -OCH3 is 1. The lowest BCUT2D eigenvalue weighted by Gasteiger charge is -2.31. The Kier molecular flexibility index (Phi) is 5.01. The van der Waals surface area contributed by atoms with E-state index in [0.29, 0.717) is 17.2 Å². The summed E-state index contributed by atoms with van der Waals surface area (Å²) in [5.41, 5.74) is 9.92. The molecule has 2 heterocycles. The van der Waals surface area contributed by atoms with Crippen molar-refractivity contribution in [2.75, 3.05) is 25.9 Å². The third-order valence-electron chi connectivity index (χ3n) is 4.65. The highest BCUT2D eigenvalue weighted by Crippen LogP contribution is 2.40. The molecule has 0 fully saturated rings. The van der Waals surface area contributed by atoms with Crippen molar-refractivity contribution in [1.82, 2.24) is 9.88 Å². The number of rotatable bonds is 4. The maximum atomic E-state index is 9.79. The van der Waals surface area contributed by atoms with E-state index in [9.17, 15) is 10.4 Å². The van der Waals surface area contributed by atoms with Gasteiger partial charge in [0.05, 0.1) is 7.11 Å².